The van der Waals surface area contributed by atoms with Crippen molar-refractivity contribution in [1.29, 1.82) is 0 Å². The van der Waals surface area contributed by atoms with Crippen LogP contribution in [-0.2, 0) is 16.1 Å². The molecule has 0 bridgehead atoms. The van der Waals surface area contributed by atoms with E-state index in [0.717, 1.165) is 19.3 Å². The summed E-state index contributed by atoms with van der Waals surface area (Å²) in [6.07, 6.45) is 7.44. The zero-order valence-electron chi connectivity index (χ0n) is 12.1. The Balaban J connectivity index is 1.56. The Morgan fingerprint density at radius 2 is 2.15 bits per heavy atom. The summed E-state index contributed by atoms with van der Waals surface area (Å²) in [5, 5.41) is 0. The average Bonchev–Trinajstić information content (AvgIpc) is 3.06. The van der Waals surface area contributed by atoms with Crippen LogP contribution >= 0.6 is 0 Å². The zero-order valence-corrected chi connectivity index (χ0v) is 12.1. The topological polar surface area (TPSA) is 21.8 Å². The van der Waals surface area contributed by atoms with Gasteiger partial charge in [-0.2, -0.15) is 0 Å². The predicted molar refractivity (Wildman–Crippen MR) is 76.0 cm³/mol. The van der Waals surface area contributed by atoms with Gasteiger partial charge in [-0.25, -0.2) is 4.39 Å². The number of unbranched alkanes of at least 4 members (excludes halogenated alkanes) is 2. The molecule has 1 heterocycles. The third-order valence-corrected chi connectivity index (χ3v) is 4.65. The molecule has 1 aliphatic heterocycles. The number of benzene rings is 1. The molecule has 1 aromatic rings. The fraction of sp³-hybridized carbons (Fsp3) is 0.647. The van der Waals surface area contributed by atoms with E-state index in [1.165, 1.54) is 25.3 Å². The molecule has 2 aliphatic rings. The van der Waals surface area contributed by atoms with Gasteiger partial charge >= 0.3 is 0 Å². The molecule has 1 aliphatic carbocycles. The summed E-state index contributed by atoms with van der Waals surface area (Å²) in [5.74, 6) is -0.182. The minimum Gasteiger partial charge on any atom is -0.370 e. The highest BCUT2D eigenvalue weighted by Gasteiger charge is 2.65. The third kappa shape index (κ3) is 2.61. The smallest absolute Gasteiger partial charge is 0.128 e. The van der Waals surface area contributed by atoms with Crippen LogP contribution in [0.4, 0.5) is 4.39 Å². The Hall–Kier alpha value is -0.930. The van der Waals surface area contributed by atoms with Crippen LogP contribution in [-0.4, -0.2) is 17.8 Å². The molecule has 2 fully saturated rings. The Bertz CT molecular complexity index is 462. The maximum atomic E-state index is 13.6. The van der Waals surface area contributed by atoms with E-state index in [4.69, 9.17) is 9.47 Å². The van der Waals surface area contributed by atoms with Crippen LogP contribution in [0.3, 0.4) is 0 Å². The van der Waals surface area contributed by atoms with Crippen molar-refractivity contribution in [3.63, 3.8) is 0 Å². The Labute approximate surface area is 120 Å². The van der Waals surface area contributed by atoms with Gasteiger partial charge in [0.15, 0.2) is 0 Å². The highest BCUT2D eigenvalue weighted by atomic mass is 19.1. The van der Waals surface area contributed by atoms with Gasteiger partial charge in [0, 0.05) is 5.56 Å². The number of fused-ring (bicyclic) bond motifs is 1. The molecule has 110 valence electrons. The first-order valence-electron chi connectivity index (χ1n) is 7.79. The third-order valence-electron chi connectivity index (χ3n) is 4.65. The van der Waals surface area contributed by atoms with Crippen molar-refractivity contribution in [3.8, 4) is 0 Å². The van der Waals surface area contributed by atoms with Gasteiger partial charge in [-0.3, -0.25) is 0 Å². The Morgan fingerprint density at radius 1 is 1.30 bits per heavy atom. The molecular weight excluding hydrogens is 255 g/mol. The molecule has 1 aromatic carbocycles. The molecule has 3 heteroatoms. The van der Waals surface area contributed by atoms with E-state index < -0.39 is 0 Å². The molecule has 3 atom stereocenters. The Morgan fingerprint density at radius 3 is 2.90 bits per heavy atom. The summed E-state index contributed by atoms with van der Waals surface area (Å²) >= 11 is 0. The van der Waals surface area contributed by atoms with Gasteiger partial charge in [0.25, 0.3) is 0 Å². The first-order chi connectivity index (χ1) is 9.76. The molecule has 1 saturated carbocycles. The van der Waals surface area contributed by atoms with Crippen molar-refractivity contribution in [2.75, 3.05) is 0 Å². The van der Waals surface area contributed by atoms with E-state index in [9.17, 15) is 4.39 Å². The monoisotopic (exact) mass is 278 g/mol. The first kappa shape index (κ1) is 14.0. The lowest BCUT2D eigenvalue weighted by Gasteiger charge is -2.21. The molecule has 0 radical (unpaired) electrons. The zero-order chi connectivity index (χ0) is 14.0. The number of ether oxygens (including phenoxy) is 2. The normalized spacial score (nSPS) is 31.3. The Kier molecular flexibility index (Phi) is 4.08. The van der Waals surface area contributed by atoms with E-state index in [-0.39, 0.29) is 17.5 Å². The fourth-order valence-corrected chi connectivity index (χ4v) is 3.43. The summed E-state index contributed by atoms with van der Waals surface area (Å²) < 4.78 is 25.5. The van der Waals surface area contributed by atoms with Crippen LogP contribution in [0.25, 0.3) is 0 Å². The number of rotatable bonds is 7. The van der Waals surface area contributed by atoms with Crippen LogP contribution in [0.5, 0.6) is 0 Å². The second-order valence-electron chi connectivity index (χ2n) is 5.99. The quantitative estimate of drug-likeness (QED) is 0.550. The number of hydrogen-bond donors (Lipinski definition) is 0. The minimum absolute atomic E-state index is 0.0412. The minimum atomic E-state index is -0.182. The highest BCUT2D eigenvalue weighted by molar-refractivity contribution is 5.17. The first-order valence-corrected chi connectivity index (χ1v) is 7.79. The van der Waals surface area contributed by atoms with E-state index in [1.54, 1.807) is 12.1 Å². The van der Waals surface area contributed by atoms with Gasteiger partial charge in [0.05, 0.1) is 18.8 Å². The average molecular weight is 278 g/mol. The summed E-state index contributed by atoms with van der Waals surface area (Å²) in [7, 11) is 0. The predicted octanol–water partition coefficient (Wildman–Crippen LogP) is 4.22. The number of hydrogen-bond acceptors (Lipinski definition) is 2. The number of halogens is 1. The van der Waals surface area contributed by atoms with Crippen molar-refractivity contribution in [1.82, 2.24) is 0 Å². The van der Waals surface area contributed by atoms with Crippen molar-refractivity contribution in [2.45, 2.75) is 69.9 Å². The molecule has 20 heavy (non-hydrogen) atoms. The largest absolute Gasteiger partial charge is 0.370 e. The summed E-state index contributed by atoms with van der Waals surface area (Å²) in [6.45, 7) is 2.56. The van der Waals surface area contributed by atoms with Crippen LogP contribution in [0.15, 0.2) is 24.3 Å². The van der Waals surface area contributed by atoms with Crippen molar-refractivity contribution >= 4 is 0 Å². The van der Waals surface area contributed by atoms with E-state index in [1.807, 2.05) is 6.07 Å². The van der Waals surface area contributed by atoms with Gasteiger partial charge in [-0.15, -0.1) is 0 Å². The molecular formula is C17H23FO2. The molecule has 0 amide bonds. The van der Waals surface area contributed by atoms with Crippen molar-refractivity contribution in [2.24, 2.45) is 0 Å². The maximum absolute atomic E-state index is 13.6. The molecule has 0 N–H and O–H groups in total. The van der Waals surface area contributed by atoms with E-state index in [2.05, 4.69) is 6.92 Å². The van der Waals surface area contributed by atoms with E-state index in [0.29, 0.717) is 18.3 Å². The molecule has 0 aromatic heterocycles. The van der Waals surface area contributed by atoms with Crippen LogP contribution in [0.1, 0.15) is 51.0 Å². The second-order valence-corrected chi connectivity index (χ2v) is 5.99. The number of epoxide rings is 1. The molecule has 2 nitrogen and oxygen atoms in total. The van der Waals surface area contributed by atoms with Crippen molar-refractivity contribution in [3.05, 3.63) is 35.6 Å². The van der Waals surface area contributed by atoms with E-state index >= 15 is 0 Å². The maximum Gasteiger partial charge on any atom is 0.128 e. The molecule has 3 rings (SSSR count). The molecule has 1 saturated heterocycles. The van der Waals surface area contributed by atoms with Gasteiger partial charge in [0.2, 0.25) is 0 Å². The lowest BCUT2D eigenvalue weighted by molar-refractivity contribution is -0.0223. The van der Waals surface area contributed by atoms with Crippen LogP contribution in [0, 0.1) is 5.82 Å². The second kappa shape index (κ2) is 5.82. The standard InChI is InChI=1S/C17H23FO2/c1-2-3-6-11-17-15(9-10-16(17)20-17)19-12-13-7-4-5-8-14(13)18/h4-5,7-8,15-16H,2-3,6,9-12H2,1H3/t15-,16-,17-/m0/s1. The van der Waals surface area contributed by atoms with Gasteiger partial charge in [-0.1, -0.05) is 44.4 Å². The van der Waals surface area contributed by atoms with Gasteiger partial charge in [0.1, 0.15) is 11.4 Å². The lowest BCUT2D eigenvalue weighted by atomic mass is 9.97. The van der Waals surface area contributed by atoms with Crippen LogP contribution < -0.4 is 0 Å². The van der Waals surface area contributed by atoms with Gasteiger partial charge < -0.3 is 9.47 Å². The summed E-state index contributed by atoms with van der Waals surface area (Å²) in [4.78, 5) is 0. The summed E-state index contributed by atoms with van der Waals surface area (Å²) in [6, 6.07) is 6.84. The van der Waals surface area contributed by atoms with Gasteiger partial charge in [-0.05, 0) is 25.3 Å². The SMILES string of the molecule is CCCCC[C@@]12O[C@H]1CC[C@@H]2OCc1ccccc1F. The lowest BCUT2D eigenvalue weighted by Crippen LogP contribution is -2.30. The fourth-order valence-electron chi connectivity index (χ4n) is 3.43. The highest BCUT2D eigenvalue weighted by Crippen LogP contribution is 2.54. The molecule has 0 unspecified atom stereocenters. The summed E-state index contributed by atoms with van der Waals surface area (Å²) in [5.41, 5.74) is 0.598. The van der Waals surface area contributed by atoms with Crippen LogP contribution in [0.2, 0.25) is 0 Å². The molecule has 0 spiro atoms. The van der Waals surface area contributed by atoms with Crippen molar-refractivity contribution < 1.29 is 13.9 Å².